The average Bonchev–Trinajstić information content (AvgIpc) is 3.08. The molecule has 1 aromatic carbocycles. The standard InChI is InChI=1S/C16H15N3O3S/c20-14(17-10-11-4-3-9-23-11)7-8-19-16(22)13-6-2-1-5-12(13)15(21)18-19/h1-6,9H,7-8,10H2,(H,17,20)(H,18,21). The van der Waals surface area contributed by atoms with Crippen molar-refractivity contribution in [1.82, 2.24) is 15.1 Å². The minimum absolute atomic E-state index is 0.125. The highest BCUT2D eigenvalue weighted by atomic mass is 32.1. The molecule has 0 aliphatic carbocycles. The van der Waals surface area contributed by atoms with E-state index in [0.29, 0.717) is 17.3 Å². The number of rotatable bonds is 5. The Morgan fingerprint density at radius 2 is 1.91 bits per heavy atom. The Balaban J connectivity index is 1.70. The number of nitrogens with zero attached hydrogens (tertiary/aromatic N) is 1. The summed E-state index contributed by atoms with van der Waals surface area (Å²) < 4.78 is 1.19. The predicted octanol–water partition coefficient (Wildman–Crippen LogP) is 1.46. The number of carbonyl (C=O) groups excluding carboxylic acids is 1. The average molecular weight is 329 g/mol. The highest BCUT2D eigenvalue weighted by Crippen LogP contribution is 2.07. The first-order valence-electron chi connectivity index (χ1n) is 7.16. The van der Waals surface area contributed by atoms with Crippen LogP contribution >= 0.6 is 11.3 Å². The lowest BCUT2D eigenvalue weighted by atomic mass is 10.2. The second-order valence-corrected chi connectivity index (χ2v) is 6.08. The van der Waals surface area contributed by atoms with Crippen molar-refractivity contribution in [2.45, 2.75) is 19.5 Å². The minimum Gasteiger partial charge on any atom is -0.351 e. The molecule has 23 heavy (non-hydrogen) atoms. The number of H-pyrrole nitrogens is 1. The number of amides is 1. The Morgan fingerprint density at radius 1 is 1.13 bits per heavy atom. The van der Waals surface area contributed by atoms with Crippen molar-refractivity contribution in [1.29, 1.82) is 0 Å². The highest BCUT2D eigenvalue weighted by Gasteiger charge is 2.08. The maximum absolute atomic E-state index is 12.3. The van der Waals surface area contributed by atoms with Crippen LogP contribution in [0.4, 0.5) is 0 Å². The Bertz CT molecular complexity index is 941. The number of aryl methyl sites for hydroxylation is 1. The summed E-state index contributed by atoms with van der Waals surface area (Å²) in [6.07, 6.45) is 0.125. The van der Waals surface area contributed by atoms with Crippen molar-refractivity contribution in [2.75, 3.05) is 0 Å². The molecule has 1 amide bonds. The predicted molar refractivity (Wildman–Crippen MR) is 89.6 cm³/mol. The molecule has 3 aromatic rings. The number of nitrogens with one attached hydrogen (secondary N) is 2. The molecule has 0 unspecified atom stereocenters. The van der Waals surface area contributed by atoms with Crippen LogP contribution in [0, 0.1) is 0 Å². The van der Waals surface area contributed by atoms with Crippen molar-refractivity contribution in [3.8, 4) is 0 Å². The van der Waals surface area contributed by atoms with Crippen LogP contribution < -0.4 is 16.4 Å². The fourth-order valence-electron chi connectivity index (χ4n) is 2.30. The van der Waals surface area contributed by atoms with Crippen molar-refractivity contribution < 1.29 is 4.79 Å². The lowest BCUT2D eigenvalue weighted by Gasteiger charge is -2.07. The van der Waals surface area contributed by atoms with Crippen molar-refractivity contribution in [3.63, 3.8) is 0 Å². The molecule has 0 aliphatic rings. The molecule has 0 radical (unpaired) electrons. The van der Waals surface area contributed by atoms with Crippen LogP contribution in [0.5, 0.6) is 0 Å². The van der Waals surface area contributed by atoms with Gasteiger partial charge in [-0.3, -0.25) is 19.5 Å². The van der Waals surface area contributed by atoms with E-state index in [2.05, 4.69) is 10.4 Å². The van der Waals surface area contributed by atoms with Gasteiger partial charge in [-0.1, -0.05) is 18.2 Å². The molecule has 6 nitrogen and oxygen atoms in total. The van der Waals surface area contributed by atoms with E-state index >= 15 is 0 Å². The van der Waals surface area contributed by atoms with Gasteiger partial charge in [0.25, 0.3) is 11.1 Å². The SMILES string of the molecule is O=C(CCn1[nH]c(=O)c2ccccc2c1=O)NCc1cccs1. The number of hydrogen-bond donors (Lipinski definition) is 2. The summed E-state index contributed by atoms with van der Waals surface area (Å²) in [4.78, 5) is 37.2. The number of fused-ring (bicyclic) bond motifs is 1. The number of aromatic nitrogens is 2. The monoisotopic (exact) mass is 329 g/mol. The number of thiophene rings is 1. The van der Waals surface area contributed by atoms with Crippen LogP contribution in [-0.4, -0.2) is 15.7 Å². The molecule has 0 atom stereocenters. The first kappa shape index (κ1) is 15.2. The molecule has 7 heteroatoms. The number of carbonyl (C=O) groups is 1. The summed E-state index contributed by atoms with van der Waals surface area (Å²) in [7, 11) is 0. The fraction of sp³-hybridized carbons (Fsp3) is 0.188. The van der Waals surface area contributed by atoms with Gasteiger partial charge in [-0.25, -0.2) is 4.68 Å². The highest BCUT2D eigenvalue weighted by molar-refractivity contribution is 7.09. The van der Waals surface area contributed by atoms with Crippen LogP contribution in [-0.2, 0) is 17.9 Å². The first-order valence-corrected chi connectivity index (χ1v) is 8.04. The number of aromatic amines is 1. The van der Waals surface area contributed by atoms with E-state index in [0.717, 1.165) is 4.88 Å². The van der Waals surface area contributed by atoms with Gasteiger partial charge < -0.3 is 5.32 Å². The lowest BCUT2D eigenvalue weighted by molar-refractivity contribution is -0.121. The Kier molecular flexibility index (Phi) is 4.38. The molecule has 0 bridgehead atoms. The van der Waals surface area contributed by atoms with E-state index in [-0.39, 0.29) is 30.0 Å². The van der Waals surface area contributed by atoms with E-state index in [4.69, 9.17) is 0 Å². The molecule has 0 aliphatic heterocycles. The second-order valence-electron chi connectivity index (χ2n) is 5.05. The molecular weight excluding hydrogens is 314 g/mol. The summed E-state index contributed by atoms with van der Waals surface area (Å²) in [5, 5.41) is 7.96. The van der Waals surface area contributed by atoms with Gasteiger partial charge in [-0.2, -0.15) is 0 Å². The van der Waals surface area contributed by atoms with Crippen LogP contribution in [0.2, 0.25) is 0 Å². The van der Waals surface area contributed by atoms with Crippen LogP contribution in [0.3, 0.4) is 0 Å². The van der Waals surface area contributed by atoms with E-state index < -0.39 is 0 Å². The Morgan fingerprint density at radius 3 is 2.65 bits per heavy atom. The Hall–Kier alpha value is -2.67. The number of benzene rings is 1. The van der Waals surface area contributed by atoms with Gasteiger partial charge in [-0.05, 0) is 23.6 Å². The van der Waals surface area contributed by atoms with Gasteiger partial charge in [0.15, 0.2) is 0 Å². The molecule has 118 valence electrons. The van der Waals surface area contributed by atoms with Gasteiger partial charge in [0.2, 0.25) is 5.91 Å². The van der Waals surface area contributed by atoms with Gasteiger partial charge >= 0.3 is 0 Å². The smallest absolute Gasteiger partial charge is 0.273 e. The normalized spacial score (nSPS) is 10.8. The molecule has 2 aromatic heterocycles. The zero-order valence-corrected chi connectivity index (χ0v) is 13.1. The first-order chi connectivity index (χ1) is 11.1. The van der Waals surface area contributed by atoms with Gasteiger partial charge in [0.1, 0.15) is 0 Å². The zero-order chi connectivity index (χ0) is 16.2. The van der Waals surface area contributed by atoms with Crippen LogP contribution in [0.15, 0.2) is 51.4 Å². The Labute approximate surface area is 135 Å². The molecule has 3 rings (SSSR count). The topological polar surface area (TPSA) is 84.0 Å². The lowest BCUT2D eigenvalue weighted by Crippen LogP contribution is -2.32. The summed E-state index contributed by atoms with van der Waals surface area (Å²) in [5.74, 6) is -0.167. The van der Waals surface area contributed by atoms with Gasteiger partial charge in [0.05, 0.1) is 23.9 Å². The maximum atomic E-state index is 12.3. The van der Waals surface area contributed by atoms with E-state index in [1.165, 1.54) is 4.68 Å². The van der Waals surface area contributed by atoms with Crippen molar-refractivity contribution >= 4 is 28.0 Å². The molecule has 0 spiro atoms. The van der Waals surface area contributed by atoms with E-state index in [9.17, 15) is 14.4 Å². The van der Waals surface area contributed by atoms with Gasteiger partial charge in [-0.15, -0.1) is 11.3 Å². The van der Waals surface area contributed by atoms with Crippen LogP contribution in [0.25, 0.3) is 10.8 Å². The summed E-state index contributed by atoms with van der Waals surface area (Å²) in [6.45, 7) is 0.606. The van der Waals surface area contributed by atoms with Crippen molar-refractivity contribution in [2.24, 2.45) is 0 Å². The van der Waals surface area contributed by atoms with Gasteiger partial charge in [0, 0.05) is 11.3 Å². The fourth-order valence-corrected chi connectivity index (χ4v) is 2.95. The minimum atomic E-state index is -0.334. The molecule has 0 fully saturated rings. The quantitative estimate of drug-likeness (QED) is 0.743. The van der Waals surface area contributed by atoms with E-state index in [1.807, 2.05) is 17.5 Å². The second kappa shape index (κ2) is 6.62. The number of hydrogen-bond acceptors (Lipinski definition) is 4. The zero-order valence-electron chi connectivity index (χ0n) is 12.2. The molecule has 2 heterocycles. The van der Waals surface area contributed by atoms with E-state index in [1.54, 1.807) is 35.6 Å². The molecular formula is C16H15N3O3S. The maximum Gasteiger partial charge on any atom is 0.273 e. The largest absolute Gasteiger partial charge is 0.351 e. The van der Waals surface area contributed by atoms with Crippen molar-refractivity contribution in [3.05, 3.63) is 67.4 Å². The summed E-state index contributed by atoms with van der Waals surface area (Å²) in [5.41, 5.74) is -0.634. The molecule has 0 saturated carbocycles. The third-order valence-corrected chi connectivity index (χ3v) is 4.36. The van der Waals surface area contributed by atoms with Crippen LogP contribution in [0.1, 0.15) is 11.3 Å². The summed E-state index contributed by atoms with van der Waals surface area (Å²) in [6, 6.07) is 10.5. The third-order valence-electron chi connectivity index (χ3n) is 3.49. The molecule has 2 N–H and O–H groups in total. The molecule has 0 saturated heterocycles. The third kappa shape index (κ3) is 3.40. The summed E-state index contributed by atoms with van der Waals surface area (Å²) >= 11 is 1.57.